The van der Waals surface area contributed by atoms with Crippen LogP contribution in [-0.2, 0) is 9.53 Å². The van der Waals surface area contributed by atoms with Crippen molar-refractivity contribution in [3.05, 3.63) is 29.8 Å². The molecule has 1 aromatic rings. The quantitative estimate of drug-likeness (QED) is 0.649. The number of phenolic OH excluding ortho intramolecular Hbond substituents is 1. The predicted octanol–water partition coefficient (Wildman–Crippen LogP) is 0.481. The normalized spacial score (nSPS) is 24.6. The minimum Gasteiger partial charge on any atom is -0.508 e. The van der Waals surface area contributed by atoms with E-state index in [1.165, 1.54) is 0 Å². The zero-order chi connectivity index (χ0) is 17.6. The highest BCUT2D eigenvalue weighted by Crippen LogP contribution is 2.29. The molecule has 7 nitrogen and oxygen atoms in total. The fourth-order valence-electron chi connectivity index (χ4n) is 3.55. The molecule has 2 saturated heterocycles. The molecule has 1 aromatic carbocycles. The Morgan fingerprint density at radius 1 is 1.24 bits per heavy atom. The summed E-state index contributed by atoms with van der Waals surface area (Å²) in [5.74, 6) is 0.404. The number of aromatic hydroxyl groups is 1. The van der Waals surface area contributed by atoms with Crippen LogP contribution >= 0.6 is 0 Å². The Balaban J connectivity index is 1.47. The molecule has 0 radical (unpaired) electrons. The number of carbonyl (C=O) groups is 1. The van der Waals surface area contributed by atoms with E-state index in [-0.39, 0.29) is 23.7 Å². The minimum absolute atomic E-state index is 0.0505. The van der Waals surface area contributed by atoms with Gasteiger partial charge in [-0.1, -0.05) is 18.2 Å². The number of methoxy groups -OCH3 is 1. The molecule has 0 saturated carbocycles. The summed E-state index contributed by atoms with van der Waals surface area (Å²) in [6.07, 6.45) is 1.67. The van der Waals surface area contributed by atoms with Gasteiger partial charge in [-0.2, -0.15) is 0 Å². The lowest BCUT2D eigenvalue weighted by atomic mass is 10.0. The summed E-state index contributed by atoms with van der Waals surface area (Å²) in [4.78, 5) is 17.1. The molecule has 2 atom stereocenters. The molecule has 2 fully saturated rings. The highest BCUT2D eigenvalue weighted by Gasteiger charge is 2.34. The van der Waals surface area contributed by atoms with Gasteiger partial charge in [0.1, 0.15) is 11.8 Å². The van der Waals surface area contributed by atoms with Gasteiger partial charge < -0.3 is 14.7 Å². The van der Waals surface area contributed by atoms with E-state index in [4.69, 9.17) is 4.74 Å². The van der Waals surface area contributed by atoms with Crippen LogP contribution in [0.25, 0.3) is 0 Å². The Morgan fingerprint density at radius 3 is 2.72 bits per heavy atom. The lowest BCUT2D eigenvalue weighted by Gasteiger charge is -2.35. The smallest absolute Gasteiger partial charge is 0.241 e. The molecule has 0 aliphatic carbocycles. The molecular weight excluding hydrogens is 320 g/mol. The number of benzene rings is 1. The minimum atomic E-state index is -0.246. The number of amides is 1. The van der Waals surface area contributed by atoms with Gasteiger partial charge in [0.05, 0.1) is 6.04 Å². The van der Waals surface area contributed by atoms with Gasteiger partial charge in [-0.3, -0.25) is 9.69 Å². The van der Waals surface area contributed by atoms with E-state index in [1.54, 1.807) is 19.2 Å². The van der Waals surface area contributed by atoms with Crippen LogP contribution in [0.4, 0.5) is 0 Å². The summed E-state index contributed by atoms with van der Waals surface area (Å²) in [5, 5.41) is 9.98. The number of rotatable bonds is 6. The van der Waals surface area contributed by atoms with E-state index in [2.05, 4.69) is 15.8 Å². The van der Waals surface area contributed by atoms with Gasteiger partial charge in [0.2, 0.25) is 5.91 Å². The number of para-hydroxylation sites is 1. The number of nitrogens with zero attached hydrogens (tertiary/aromatic N) is 2. The zero-order valence-corrected chi connectivity index (χ0v) is 14.8. The van der Waals surface area contributed by atoms with Gasteiger partial charge in [0.25, 0.3) is 0 Å². The molecule has 138 valence electrons. The summed E-state index contributed by atoms with van der Waals surface area (Å²) >= 11 is 0. The average molecular weight is 348 g/mol. The topological polar surface area (TPSA) is 77.1 Å². The van der Waals surface area contributed by atoms with Crippen molar-refractivity contribution in [2.24, 2.45) is 0 Å². The molecule has 3 N–H and O–H groups in total. The van der Waals surface area contributed by atoms with Crippen LogP contribution in [0.5, 0.6) is 5.75 Å². The second-order valence-corrected chi connectivity index (χ2v) is 6.70. The van der Waals surface area contributed by atoms with E-state index in [1.807, 2.05) is 17.0 Å². The molecule has 7 heteroatoms. The predicted molar refractivity (Wildman–Crippen MR) is 95.0 cm³/mol. The van der Waals surface area contributed by atoms with E-state index in [0.717, 1.165) is 51.3 Å². The SMILES string of the molecule is COCCCN1CCN(C(=O)C2CC(c3ccccc3O)NN2)CC1. The highest BCUT2D eigenvalue weighted by molar-refractivity contribution is 5.82. The molecule has 1 amide bonds. The van der Waals surface area contributed by atoms with Crippen molar-refractivity contribution >= 4 is 5.91 Å². The van der Waals surface area contributed by atoms with Gasteiger partial charge in [0, 0.05) is 52.0 Å². The standard InChI is InChI=1S/C18H28N4O3/c1-25-12-4-7-21-8-10-22(11-9-21)18(24)16-13-15(19-20-16)14-5-2-3-6-17(14)23/h2-3,5-6,15-16,19-20,23H,4,7-13H2,1H3. The van der Waals surface area contributed by atoms with Gasteiger partial charge in [0.15, 0.2) is 0 Å². The maximum atomic E-state index is 12.8. The Bertz CT molecular complexity index is 575. The number of carbonyl (C=O) groups excluding carboxylic acids is 1. The first-order chi connectivity index (χ1) is 12.2. The van der Waals surface area contributed by atoms with Crippen molar-refractivity contribution in [3.8, 4) is 5.75 Å². The fourth-order valence-corrected chi connectivity index (χ4v) is 3.55. The first-order valence-electron chi connectivity index (χ1n) is 8.98. The molecule has 2 unspecified atom stereocenters. The number of nitrogens with one attached hydrogen (secondary N) is 2. The second kappa shape index (κ2) is 8.62. The van der Waals surface area contributed by atoms with Crippen molar-refractivity contribution in [1.29, 1.82) is 0 Å². The van der Waals surface area contributed by atoms with Crippen LogP contribution in [-0.4, -0.2) is 73.3 Å². The van der Waals surface area contributed by atoms with Crippen LogP contribution in [0, 0.1) is 0 Å². The number of piperazine rings is 1. The maximum Gasteiger partial charge on any atom is 0.241 e. The zero-order valence-electron chi connectivity index (χ0n) is 14.8. The summed E-state index contributed by atoms with van der Waals surface area (Å²) < 4.78 is 5.09. The molecule has 2 heterocycles. The van der Waals surface area contributed by atoms with Gasteiger partial charge in [-0.05, 0) is 18.9 Å². The lowest BCUT2D eigenvalue weighted by molar-refractivity contribution is -0.135. The Labute approximate surface area is 148 Å². The van der Waals surface area contributed by atoms with Crippen LogP contribution in [0.15, 0.2) is 24.3 Å². The summed E-state index contributed by atoms with van der Waals surface area (Å²) in [6, 6.07) is 6.97. The van der Waals surface area contributed by atoms with Crippen LogP contribution in [0.3, 0.4) is 0 Å². The van der Waals surface area contributed by atoms with Crippen molar-refractivity contribution in [1.82, 2.24) is 20.7 Å². The van der Waals surface area contributed by atoms with Gasteiger partial charge in [-0.25, -0.2) is 10.9 Å². The summed E-state index contributed by atoms with van der Waals surface area (Å²) in [7, 11) is 1.72. The van der Waals surface area contributed by atoms with Gasteiger partial charge >= 0.3 is 0 Å². The molecular formula is C18H28N4O3. The summed E-state index contributed by atoms with van der Waals surface area (Å²) in [5.41, 5.74) is 7.07. The van der Waals surface area contributed by atoms with E-state index < -0.39 is 0 Å². The number of hydrogen-bond acceptors (Lipinski definition) is 6. The number of hydrazine groups is 1. The van der Waals surface area contributed by atoms with Crippen molar-refractivity contribution in [3.63, 3.8) is 0 Å². The Kier molecular flexibility index (Phi) is 6.25. The van der Waals surface area contributed by atoms with E-state index in [9.17, 15) is 9.90 Å². The van der Waals surface area contributed by atoms with E-state index in [0.29, 0.717) is 6.42 Å². The van der Waals surface area contributed by atoms with Crippen molar-refractivity contribution < 1.29 is 14.6 Å². The average Bonchev–Trinajstić information content (AvgIpc) is 3.12. The third kappa shape index (κ3) is 4.49. The fraction of sp³-hybridized carbons (Fsp3) is 0.611. The highest BCUT2D eigenvalue weighted by atomic mass is 16.5. The third-order valence-corrected chi connectivity index (χ3v) is 5.02. The van der Waals surface area contributed by atoms with Crippen molar-refractivity contribution in [2.45, 2.75) is 24.9 Å². The number of hydrogen-bond donors (Lipinski definition) is 3. The molecule has 2 aliphatic rings. The molecule has 0 bridgehead atoms. The van der Waals surface area contributed by atoms with Crippen LogP contribution in [0.2, 0.25) is 0 Å². The van der Waals surface area contributed by atoms with Crippen LogP contribution in [0.1, 0.15) is 24.4 Å². The summed E-state index contributed by atoms with van der Waals surface area (Å²) in [6.45, 7) is 5.17. The van der Waals surface area contributed by atoms with E-state index >= 15 is 0 Å². The maximum absolute atomic E-state index is 12.8. The van der Waals surface area contributed by atoms with Gasteiger partial charge in [-0.15, -0.1) is 0 Å². The molecule has 0 aromatic heterocycles. The van der Waals surface area contributed by atoms with Crippen molar-refractivity contribution in [2.75, 3.05) is 46.4 Å². The largest absolute Gasteiger partial charge is 0.508 e. The lowest BCUT2D eigenvalue weighted by Crippen LogP contribution is -2.53. The monoisotopic (exact) mass is 348 g/mol. The molecule has 3 rings (SSSR count). The number of phenols is 1. The molecule has 25 heavy (non-hydrogen) atoms. The number of ether oxygens (including phenoxy) is 1. The Morgan fingerprint density at radius 2 is 2.00 bits per heavy atom. The van der Waals surface area contributed by atoms with Crippen LogP contribution < -0.4 is 10.9 Å². The second-order valence-electron chi connectivity index (χ2n) is 6.70. The first kappa shape index (κ1) is 18.1. The first-order valence-corrected chi connectivity index (χ1v) is 8.98. The molecule has 2 aliphatic heterocycles. The molecule has 0 spiro atoms. The Hall–Kier alpha value is -1.67. The third-order valence-electron chi connectivity index (χ3n) is 5.02.